The standard InChI is InChI=1S/C16H17O2/c1-18-15-10-8-14(9-11-15)16(17)12-7-13-5-3-2-4-6-13/h2-6,8-11,17H,7,12H2,1H3. The van der Waals surface area contributed by atoms with E-state index >= 15 is 0 Å². The van der Waals surface area contributed by atoms with Gasteiger partial charge in [0.15, 0.2) is 0 Å². The second kappa shape index (κ2) is 6.22. The zero-order valence-electron chi connectivity index (χ0n) is 10.5. The van der Waals surface area contributed by atoms with Crippen LogP contribution in [0, 0.1) is 6.10 Å². The molecule has 0 fully saturated rings. The van der Waals surface area contributed by atoms with Crippen molar-refractivity contribution >= 4 is 0 Å². The lowest BCUT2D eigenvalue weighted by Crippen LogP contribution is -2.00. The Morgan fingerprint density at radius 1 is 1.00 bits per heavy atom. The Morgan fingerprint density at radius 2 is 1.67 bits per heavy atom. The van der Waals surface area contributed by atoms with Gasteiger partial charge in [-0.2, -0.15) is 0 Å². The molecule has 0 heterocycles. The van der Waals surface area contributed by atoms with Crippen LogP contribution in [-0.2, 0) is 6.42 Å². The molecule has 2 aromatic carbocycles. The number of aliphatic hydroxyl groups is 1. The van der Waals surface area contributed by atoms with Crippen LogP contribution < -0.4 is 4.74 Å². The smallest absolute Gasteiger partial charge is 0.123 e. The van der Waals surface area contributed by atoms with Crippen LogP contribution in [0.25, 0.3) is 0 Å². The third-order valence-corrected chi connectivity index (χ3v) is 2.92. The molecule has 0 atom stereocenters. The Labute approximate surface area is 108 Å². The highest BCUT2D eigenvalue weighted by atomic mass is 16.5. The molecule has 2 rings (SSSR count). The van der Waals surface area contributed by atoms with Gasteiger partial charge in [-0.25, -0.2) is 0 Å². The van der Waals surface area contributed by atoms with Crippen LogP contribution in [0.5, 0.6) is 5.75 Å². The molecular weight excluding hydrogens is 224 g/mol. The van der Waals surface area contributed by atoms with Gasteiger partial charge in [-0.1, -0.05) is 42.5 Å². The molecule has 0 amide bonds. The van der Waals surface area contributed by atoms with Gasteiger partial charge in [0.25, 0.3) is 0 Å². The summed E-state index contributed by atoms with van der Waals surface area (Å²) in [4.78, 5) is 0. The van der Waals surface area contributed by atoms with Crippen LogP contribution in [-0.4, -0.2) is 12.2 Å². The van der Waals surface area contributed by atoms with E-state index in [1.807, 2.05) is 42.5 Å². The van der Waals surface area contributed by atoms with Gasteiger partial charge in [-0.3, -0.25) is 0 Å². The fourth-order valence-electron chi connectivity index (χ4n) is 1.84. The third kappa shape index (κ3) is 3.34. The maximum Gasteiger partial charge on any atom is 0.123 e. The summed E-state index contributed by atoms with van der Waals surface area (Å²) in [7, 11) is 1.63. The monoisotopic (exact) mass is 241 g/mol. The number of aryl methyl sites for hydroxylation is 1. The number of hydrogen-bond donors (Lipinski definition) is 1. The Kier molecular flexibility index (Phi) is 4.37. The minimum absolute atomic E-state index is 0.418. The highest BCUT2D eigenvalue weighted by molar-refractivity contribution is 5.33. The molecular formula is C16H17O2. The van der Waals surface area contributed by atoms with Crippen LogP contribution in [0.2, 0.25) is 0 Å². The van der Waals surface area contributed by atoms with Gasteiger partial charge in [0.1, 0.15) is 11.9 Å². The lowest BCUT2D eigenvalue weighted by molar-refractivity contribution is 0.312. The van der Waals surface area contributed by atoms with Crippen molar-refractivity contribution in [1.29, 1.82) is 0 Å². The largest absolute Gasteiger partial charge is 0.497 e. The summed E-state index contributed by atoms with van der Waals surface area (Å²) < 4.78 is 5.09. The number of hydrogen-bond acceptors (Lipinski definition) is 2. The van der Waals surface area contributed by atoms with Crippen LogP contribution in [0.15, 0.2) is 54.6 Å². The van der Waals surface area contributed by atoms with Crippen LogP contribution in [0.3, 0.4) is 0 Å². The summed E-state index contributed by atoms with van der Waals surface area (Å²) in [6.07, 6.45) is 1.91. The molecule has 0 unspecified atom stereocenters. The van der Waals surface area contributed by atoms with Crippen molar-refractivity contribution in [2.75, 3.05) is 7.11 Å². The second-order valence-electron chi connectivity index (χ2n) is 4.16. The summed E-state index contributed by atoms with van der Waals surface area (Å²) in [6, 6.07) is 17.6. The van der Waals surface area contributed by atoms with E-state index < -0.39 is 0 Å². The third-order valence-electron chi connectivity index (χ3n) is 2.92. The molecule has 0 saturated heterocycles. The number of ether oxygens (including phenoxy) is 1. The Balaban J connectivity index is 1.93. The van der Waals surface area contributed by atoms with E-state index in [-0.39, 0.29) is 0 Å². The lowest BCUT2D eigenvalue weighted by atomic mass is 10.0. The van der Waals surface area contributed by atoms with Crippen molar-refractivity contribution in [3.05, 3.63) is 71.8 Å². The molecule has 93 valence electrons. The number of methoxy groups -OCH3 is 1. The Morgan fingerprint density at radius 3 is 2.28 bits per heavy atom. The van der Waals surface area contributed by atoms with E-state index in [0.717, 1.165) is 17.7 Å². The molecule has 0 saturated carbocycles. The summed E-state index contributed by atoms with van der Waals surface area (Å²) in [5.74, 6) is 0.801. The first kappa shape index (κ1) is 12.7. The van der Waals surface area contributed by atoms with Gasteiger partial charge in [-0.15, -0.1) is 0 Å². The first-order valence-corrected chi connectivity index (χ1v) is 6.03. The fourth-order valence-corrected chi connectivity index (χ4v) is 1.84. The molecule has 0 spiro atoms. The summed E-state index contributed by atoms with van der Waals surface area (Å²) in [5.41, 5.74) is 2.09. The molecule has 0 aliphatic heterocycles. The van der Waals surface area contributed by atoms with E-state index in [4.69, 9.17) is 4.74 Å². The molecule has 2 heteroatoms. The molecule has 2 nitrogen and oxygen atoms in total. The second-order valence-corrected chi connectivity index (χ2v) is 4.16. The fraction of sp³-hybridized carbons (Fsp3) is 0.188. The molecule has 0 aliphatic rings. The van der Waals surface area contributed by atoms with Crippen molar-refractivity contribution in [1.82, 2.24) is 0 Å². The number of aliphatic hydroxyl groups excluding tert-OH is 1. The summed E-state index contributed by atoms with van der Waals surface area (Å²) in [5, 5.41) is 10.0. The van der Waals surface area contributed by atoms with E-state index in [1.54, 1.807) is 7.11 Å². The van der Waals surface area contributed by atoms with Crippen LogP contribution >= 0.6 is 0 Å². The Hall–Kier alpha value is -1.80. The molecule has 0 aliphatic carbocycles. The average molecular weight is 241 g/mol. The van der Waals surface area contributed by atoms with Crippen molar-refractivity contribution < 1.29 is 9.84 Å². The SMILES string of the molecule is COc1ccc([C](O)CCc2ccccc2)cc1. The van der Waals surface area contributed by atoms with Crippen molar-refractivity contribution in [2.24, 2.45) is 0 Å². The molecule has 1 N–H and O–H groups in total. The van der Waals surface area contributed by atoms with Crippen molar-refractivity contribution in [2.45, 2.75) is 12.8 Å². The van der Waals surface area contributed by atoms with Gasteiger partial charge in [0, 0.05) is 0 Å². The normalized spacial score (nSPS) is 10.6. The van der Waals surface area contributed by atoms with Crippen molar-refractivity contribution in [3.63, 3.8) is 0 Å². The zero-order chi connectivity index (χ0) is 12.8. The molecule has 1 radical (unpaired) electrons. The van der Waals surface area contributed by atoms with Crippen LogP contribution in [0.1, 0.15) is 17.5 Å². The molecule has 0 aromatic heterocycles. The maximum atomic E-state index is 10.0. The minimum Gasteiger partial charge on any atom is -0.497 e. The zero-order valence-corrected chi connectivity index (χ0v) is 10.5. The van der Waals surface area contributed by atoms with E-state index in [1.165, 1.54) is 5.56 Å². The highest BCUT2D eigenvalue weighted by Crippen LogP contribution is 2.20. The van der Waals surface area contributed by atoms with Gasteiger partial charge >= 0.3 is 0 Å². The van der Waals surface area contributed by atoms with Gasteiger partial charge in [0.05, 0.1) is 7.11 Å². The van der Waals surface area contributed by atoms with Crippen LogP contribution in [0.4, 0.5) is 0 Å². The average Bonchev–Trinajstić information content (AvgIpc) is 2.46. The van der Waals surface area contributed by atoms with E-state index in [2.05, 4.69) is 12.1 Å². The summed E-state index contributed by atoms with van der Waals surface area (Å²) in [6.45, 7) is 0. The predicted octanol–water partition coefficient (Wildman–Crippen LogP) is 3.58. The first-order valence-electron chi connectivity index (χ1n) is 6.03. The minimum atomic E-state index is 0.418. The molecule has 0 bridgehead atoms. The van der Waals surface area contributed by atoms with Gasteiger partial charge in [-0.05, 0) is 36.1 Å². The number of rotatable bonds is 5. The maximum absolute atomic E-state index is 10.0. The lowest BCUT2D eigenvalue weighted by Gasteiger charge is -2.10. The van der Waals surface area contributed by atoms with E-state index in [0.29, 0.717) is 12.5 Å². The highest BCUT2D eigenvalue weighted by Gasteiger charge is 2.09. The first-order chi connectivity index (χ1) is 8.79. The van der Waals surface area contributed by atoms with Gasteiger partial charge < -0.3 is 9.84 Å². The van der Waals surface area contributed by atoms with Gasteiger partial charge in [0.2, 0.25) is 0 Å². The molecule has 2 aromatic rings. The summed E-state index contributed by atoms with van der Waals surface area (Å²) >= 11 is 0. The Bertz CT molecular complexity index is 462. The van der Waals surface area contributed by atoms with Crippen molar-refractivity contribution in [3.8, 4) is 5.75 Å². The topological polar surface area (TPSA) is 29.5 Å². The number of benzene rings is 2. The quantitative estimate of drug-likeness (QED) is 0.867. The predicted molar refractivity (Wildman–Crippen MR) is 72.0 cm³/mol. The van der Waals surface area contributed by atoms with E-state index in [9.17, 15) is 5.11 Å². The molecule has 18 heavy (non-hydrogen) atoms.